The normalized spacial score (nSPS) is 11.8. The second kappa shape index (κ2) is 11.3. The van der Waals surface area contributed by atoms with Crippen molar-refractivity contribution in [1.29, 1.82) is 0 Å². The summed E-state index contributed by atoms with van der Waals surface area (Å²) in [6, 6.07) is 65.0. The van der Waals surface area contributed by atoms with Gasteiger partial charge >= 0.3 is 0 Å². The molecule has 2 heterocycles. The summed E-state index contributed by atoms with van der Waals surface area (Å²) < 4.78 is 13.2. The molecule has 0 aliphatic heterocycles. The van der Waals surface area contributed by atoms with Crippen LogP contribution in [0.2, 0.25) is 0 Å². The SMILES string of the molecule is c1ccc(-c2ccccc2-c2c3ccccc3c(-c3ccc(-c4c5oc6ccccc6c5cc5c4oc4ccccc45)cc3)c3ccccc23)cc1. The molecule has 2 aromatic heterocycles. The van der Waals surface area contributed by atoms with Gasteiger partial charge in [-0.2, -0.15) is 0 Å². The first kappa shape index (κ1) is 28.9. The van der Waals surface area contributed by atoms with Gasteiger partial charge in [-0.3, -0.25) is 0 Å². The lowest BCUT2D eigenvalue weighted by molar-refractivity contribution is 0.658. The average Bonchev–Trinajstić information content (AvgIpc) is 3.77. The fourth-order valence-electron chi connectivity index (χ4n) is 8.40. The molecular formula is C50H30O2. The van der Waals surface area contributed by atoms with E-state index in [1.165, 1.54) is 49.4 Å². The molecule has 0 spiro atoms. The summed E-state index contributed by atoms with van der Waals surface area (Å²) >= 11 is 0. The zero-order chi connectivity index (χ0) is 34.2. The van der Waals surface area contributed by atoms with Crippen LogP contribution in [-0.2, 0) is 0 Å². The Balaban J connectivity index is 1.15. The first-order valence-corrected chi connectivity index (χ1v) is 17.8. The monoisotopic (exact) mass is 662 g/mol. The van der Waals surface area contributed by atoms with Crippen LogP contribution in [0.1, 0.15) is 0 Å². The molecule has 2 heteroatoms. The lowest BCUT2D eigenvalue weighted by Crippen LogP contribution is -1.92. The van der Waals surface area contributed by atoms with Crippen molar-refractivity contribution in [2.24, 2.45) is 0 Å². The molecule has 11 aromatic rings. The highest BCUT2D eigenvalue weighted by atomic mass is 16.3. The van der Waals surface area contributed by atoms with E-state index in [-0.39, 0.29) is 0 Å². The number of fused-ring (bicyclic) bond motifs is 8. The summed E-state index contributed by atoms with van der Waals surface area (Å²) in [7, 11) is 0. The molecule has 0 atom stereocenters. The van der Waals surface area contributed by atoms with Crippen molar-refractivity contribution in [3.63, 3.8) is 0 Å². The minimum absolute atomic E-state index is 0.845. The molecule has 0 saturated heterocycles. The Morgan fingerprint density at radius 3 is 1.19 bits per heavy atom. The smallest absolute Gasteiger partial charge is 0.147 e. The zero-order valence-electron chi connectivity index (χ0n) is 28.1. The van der Waals surface area contributed by atoms with Gasteiger partial charge in [0.1, 0.15) is 22.3 Å². The summed E-state index contributed by atoms with van der Waals surface area (Å²) in [5, 5.41) is 9.33. The second-order valence-corrected chi connectivity index (χ2v) is 13.5. The van der Waals surface area contributed by atoms with E-state index >= 15 is 0 Å². The van der Waals surface area contributed by atoms with E-state index in [0.717, 1.165) is 60.6 Å². The van der Waals surface area contributed by atoms with Crippen molar-refractivity contribution in [2.45, 2.75) is 0 Å². The molecule has 0 aliphatic carbocycles. The number of benzene rings is 9. The second-order valence-electron chi connectivity index (χ2n) is 13.5. The van der Waals surface area contributed by atoms with Gasteiger partial charge in [0, 0.05) is 21.5 Å². The zero-order valence-corrected chi connectivity index (χ0v) is 28.1. The molecule has 0 amide bonds. The van der Waals surface area contributed by atoms with E-state index in [2.05, 4.69) is 158 Å². The van der Waals surface area contributed by atoms with Crippen molar-refractivity contribution in [3.05, 3.63) is 182 Å². The molecule has 9 aromatic carbocycles. The number of rotatable bonds is 4. The van der Waals surface area contributed by atoms with Gasteiger partial charge in [-0.25, -0.2) is 0 Å². The van der Waals surface area contributed by atoms with Gasteiger partial charge in [0.15, 0.2) is 0 Å². The van der Waals surface area contributed by atoms with Crippen LogP contribution in [-0.4, -0.2) is 0 Å². The van der Waals surface area contributed by atoms with E-state index in [9.17, 15) is 0 Å². The van der Waals surface area contributed by atoms with Gasteiger partial charge in [0.2, 0.25) is 0 Å². The van der Waals surface area contributed by atoms with Crippen molar-refractivity contribution in [1.82, 2.24) is 0 Å². The molecule has 0 bridgehead atoms. The van der Waals surface area contributed by atoms with Crippen molar-refractivity contribution in [2.75, 3.05) is 0 Å². The third-order valence-electron chi connectivity index (χ3n) is 10.7. The highest BCUT2D eigenvalue weighted by Gasteiger charge is 2.22. The summed E-state index contributed by atoms with van der Waals surface area (Å²) in [6.45, 7) is 0. The lowest BCUT2D eigenvalue weighted by atomic mass is 9.83. The lowest BCUT2D eigenvalue weighted by Gasteiger charge is -2.19. The van der Waals surface area contributed by atoms with Crippen molar-refractivity contribution < 1.29 is 8.83 Å². The van der Waals surface area contributed by atoms with E-state index in [0.29, 0.717) is 0 Å². The van der Waals surface area contributed by atoms with Gasteiger partial charge < -0.3 is 8.83 Å². The standard InChI is InChI=1S/C50H30O2/c1-2-14-31(15-3-1)34-16-4-5-19-37(34)48-40-22-8-6-20-38(40)46(39-21-7-9-23-41(39)48)32-26-28-33(29-27-32)47-49-42(35-17-10-12-24-44(35)51-49)30-43-36-18-11-13-25-45(36)52-50(43)47/h1-30H. The van der Waals surface area contributed by atoms with E-state index in [1.807, 2.05) is 24.3 Å². The van der Waals surface area contributed by atoms with Crippen molar-refractivity contribution in [3.8, 4) is 44.5 Å². The van der Waals surface area contributed by atoms with Gasteiger partial charge in [0.25, 0.3) is 0 Å². The third-order valence-corrected chi connectivity index (χ3v) is 10.7. The maximum absolute atomic E-state index is 6.61. The minimum Gasteiger partial charge on any atom is -0.455 e. The van der Waals surface area contributed by atoms with Crippen LogP contribution in [0.5, 0.6) is 0 Å². The summed E-state index contributed by atoms with van der Waals surface area (Å²) in [5.74, 6) is 0. The Labute approximate surface area is 299 Å². The van der Waals surface area contributed by atoms with Crippen LogP contribution in [0.4, 0.5) is 0 Å². The maximum Gasteiger partial charge on any atom is 0.147 e. The van der Waals surface area contributed by atoms with Gasteiger partial charge in [0.05, 0.1) is 5.56 Å². The Morgan fingerprint density at radius 1 is 0.250 bits per heavy atom. The van der Waals surface area contributed by atoms with E-state index < -0.39 is 0 Å². The maximum atomic E-state index is 6.61. The molecule has 0 N–H and O–H groups in total. The summed E-state index contributed by atoms with van der Waals surface area (Å²) in [5.41, 5.74) is 12.8. The molecule has 0 fully saturated rings. The highest BCUT2D eigenvalue weighted by Crippen LogP contribution is 2.48. The van der Waals surface area contributed by atoms with E-state index in [1.54, 1.807) is 0 Å². The number of hydrogen-bond acceptors (Lipinski definition) is 2. The summed E-state index contributed by atoms with van der Waals surface area (Å²) in [6.07, 6.45) is 0. The average molecular weight is 663 g/mol. The Morgan fingerprint density at radius 2 is 0.654 bits per heavy atom. The van der Waals surface area contributed by atoms with E-state index in [4.69, 9.17) is 8.83 Å². The number of furan rings is 2. The van der Waals surface area contributed by atoms with Gasteiger partial charge in [-0.15, -0.1) is 0 Å². The van der Waals surface area contributed by atoms with Crippen LogP contribution in [0, 0.1) is 0 Å². The van der Waals surface area contributed by atoms with Crippen LogP contribution >= 0.6 is 0 Å². The molecule has 0 radical (unpaired) electrons. The van der Waals surface area contributed by atoms with Crippen LogP contribution < -0.4 is 0 Å². The predicted octanol–water partition coefficient (Wildman–Crippen LogP) is 14.5. The topological polar surface area (TPSA) is 26.3 Å². The fraction of sp³-hybridized carbons (Fsp3) is 0. The summed E-state index contributed by atoms with van der Waals surface area (Å²) in [4.78, 5) is 0. The number of hydrogen-bond donors (Lipinski definition) is 0. The van der Waals surface area contributed by atoms with Crippen LogP contribution in [0.15, 0.2) is 191 Å². The van der Waals surface area contributed by atoms with Gasteiger partial charge in [-0.1, -0.05) is 164 Å². The quantitative estimate of drug-likeness (QED) is 0.175. The molecule has 52 heavy (non-hydrogen) atoms. The molecular weight excluding hydrogens is 633 g/mol. The fourth-order valence-corrected chi connectivity index (χ4v) is 8.40. The third kappa shape index (κ3) is 4.25. The minimum atomic E-state index is 0.845. The van der Waals surface area contributed by atoms with Gasteiger partial charge in [-0.05, 0) is 78.7 Å². The molecule has 0 unspecified atom stereocenters. The first-order chi connectivity index (χ1) is 25.8. The molecule has 0 aliphatic rings. The number of para-hydroxylation sites is 2. The van der Waals surface area contributed by atoms with Crippen LogP contribution in [0.3, 0.4) is 0 Å². The highest BCUT2D eigenvalue weighted by molar-refractivity contribution is 6.24. The Bertz CT molecular complexity index is 3020. The largest absolute Gasteiger partial charge is 0.455 e. The molecule has 242 valence electrons. The predicted molar refractivity (Wildman–Crippen MR) is 218 cm³/mol. The van der Waals surface area contributed by atoms with Crippen LogP contribution in [0.25, 0.3) is 110 Å². The molecule has 0 saturated carbocycles. The Hall–Kier alpha value is -6.90. The first-order valence-electron chi connectivity index (χ1n) is 17.8. The Kier molecular flexibility index (Phi) is 6.28. The molecule has 2 nitrogen and oxygen atoms in total. The van der Waals surface area contributed by atoms with Crippen molar-refractivity contribution >= 4 is 65.4 Å². The molecule has 11 rings (SSSR count).